The van der Waals surface area contributed by atoms with Crippen LogP contribution in [0.5, 0.6) is 0 Å². The van der Waals surface area contributed by atoms with E-state index in [4.69, 9.17) is 0 Å². The number of carbonyl (C=O) groups excluding carboxylic acids is 1. The second-order valence-corrected chi connectivity index (χ2v) is 8.12. The summed E-state index contributed by atoms with van der Waals surface area (Å²) in [4.78, 5) is 16.3. The van der Waals surface area contributed by atoms with Crippen LogP contribution >= 0.6 is 0 Å². The Morgan fingerprint density at radius 3 is 2.43 bits per heavy atom. The van der Waals surface area contributed by atoms with Crippen molar-refractivity contribution in [1.82, 2.24) is 10.3 Å². The van der Waals surface area contributed by atoms with E-state index >= 15 is 0 Å². The molecular formula is C19H31FN2O. The molecule has 0 aliphatic rings. The van der Waals surface area contributed by atoms with E-state index in [0.29, 0.717) is 12.1 Å². The minimum Gasteiger partial charge on any atom is -0.351 e. The van der Waals surface area contributed by atoms with Crippen LogP contribution in [0.1, 0.15) is 72.2 Å². The molecule has 0 bridgehead atoms. The minimum absolute atomic E-state index is 0.0737. The fourth-order valence-electron chi connectivity index (χ4n) is 2.77. The smallest absolute Gasteiger partial charge is 0.220 e. The van der Waals surface area contributed by atoms with Gasteiger partial charge in [-0.05, 0) is 51.2 Å². The molecule has 1 aromatic heterocycles. The lowest BCUT2D eigenvalue weighted by atomic mass is 9.83. The highest BCUT2D eigenvalue weighted by molar-refractivity contribution is 5.76. The summed E-state index contributed by atoms with van der Waals surface area (Å²) in [5.41, 5.74) is 1.17. The predicted octanol–water partition coefficient (Wildman–Crippen LogP) is 4.44. The van der Waals surface area contributed by atoms with Gasteiger partial charge in [0.05, 0.1) is 5.69 Å². The Balaban J connectivity index is 2.73. The zero-order valence-corrected chi connectivity index (χ0v) is 15.4. The summed E-state index contributed by atoms with van der Waals surface area (Å²) in [5.74, 6) is -0.402. The lowest BCUT2D eigenvalue weighted by molar-refractivity contribution is -0.122. The number of nitrogens with one attached hydrogen (secondary N) is 1. The number of nitrogens with zero attached hydrogens (tertiary/aromatic N) is 1. The summed E-state index contributed by atoms with van der Waals surface area (Å²) in [5, 5.41) is 2.89. The van der Waals surface area contributed by atoms with Gasteiger partial charge in [-0.25, -0.2) is 4.39 Å². The van der Waals surface area contributed by atoms with Crippen molar-refractivity contribution in [2.45, 2.75) is 79.2 Å². The van der Waals surface area contributed by atoms with Crippen LogP contribution in [0, 0.1) is 11.2 Å². The van der Waals surface area contributed by atoms with Crippen LogP contribution < -0.4 is 5.32 Å². The van der Waals surface area contributed by atoms with Gasteiger partial charge >= 0.3 is 0 Å². The van der Waals surface area contributed by atoms with Gasteiger partial charge < -0.3 is 5.32 Å². The van der Waals surface area contributed by atoms with Crippen molar-refractivity contribution >= 4 is 5.91 Å². The monoisotopic (exact) mass is 322 g/mol. The summed E-state index contributed by atoms with van der Waals surface area (Å²) in [6.07, 6.45) is 3.63. The van der Waals surface area contributed by atoms with Crippen LogP contribution in [-0.2, 0) is 17.6 Å². The van der Waals surface area contributed by atoms with Gasteiger partial charge in [-0.3, -0.25) is 9.78 Å². The first-order chi connectivity index (χ1) is 10.5. The van der Waals surface area contributed by atoms with Gasteiger partial charge in [-0.1, -0.05) is 27.2 Å². The van der Waals surface area contributed by atoms with Crippen LogP contribution in [0.15, 0.2) is 12.1 Å². The Bertz CT molecular complexity index is 533. The third kappa shape index (κ3) is 7.58. The first kappa shape index (κ1) is 19.6. The molecule has 0 aliphatic carbocycles. The van der Waals surface area contributed by atoms with Crippen LogP contribution in [0.4, 0.5) is 4.39 Å². The molecule has 0 saturated carbocycles. The van der Waals surface area contributed by atoms with Crippen molar-refractivity contribution in [1.29, 1.82) is 0 Å². The Hall–Kier alpha value is -1.45. The third-order valence-corrected chi connectivity index (χ3v) is 3.67. The molecule has 0 atom stereocenters. The SMILES string of the molecule is CCCC(C)(C)Cc1ccc(F)c(CCC(=O)NC(C)(C)C)n1. The van der Waals surface area contributed by atoms with Gasteiger partial charge in [0.15, 0.2) is 0 Å². The molecule has 0 aliphatic heterocycles. The summed E-state index contributed by atoms with van der Waals surface area (Å²) >= 11 is 0. The number of hydrogen-bond acceptors (Lipinski definition) is 2. The third-order valence-electron chi connectivity index (χ3n) is 3.67. The maximum Gasteiger partial charge on any atom is 0.220 e. The fourth-order valence-corrected chi connectivity index (χ4v) is 2.77. The maximum absolute atomic E-state index is 13.9. The van der Waals surface area contributed by atoms with Crippen LogP contribution in [0.3, 0.4) is 0 Å². The number of halogens is 1. The van der Waals surface area contributed by atoms with Gasteiger partial charge in [0, 0.05) is 24.1 Å². The number of hydrogen-bond donors (Lipinski definition) is 1. The highest BCUT2D eigenvalue weighted by Gasteiger charge is 2.19. The van der Waals surface area contributed by atoms with Crippen molar-refractivity contribution in [2.24, 2.45) is 5.41 Å². The second kappa shape index (κ2) is 7.89. The standard InChI is InChI=1S/C19H31FN2O/c1-7-12-19(5,6)13-14-8-9-15(20)16(21-14)10-11-17(23)22-18(2,3)4/h8-9H,7,10-13H2,1-6H3,(H,22,23). The summed E-state index contributed by atoms with van der Waals surface area (Å²) in [6.45, 7) is 12.4. The molecule has 1 heterocycles. The van der Waals surface area contributed by atoms with Gasteiger partial charge in [0.25, 0.3) is 0 Å². The number of pyridine rings is 1. The van der Waals surface area contributed by atoms with E-state index in [1.807, 2.05) is 20.8 Å². The van der Waals surface area contributed by atoms with E-state index in [1.54, 1.807) is 6.07 Å². The van der Waals surface area contributed by atoms with Gasteiger partial charge in [0.1, 0.15) is 5.82 Å². The molecule has 0 radical (unpaired) electrons. The largest absolute Gasteiger partial charge is 0.351 e. The first-order valence-electron chi connectivity index (χ1n) is 8.48. The zero-order chi connectivity index (χ0) is 17.7. The molecule has 1 rings (SSSR count). The number of rotatable bonds is 7. The van der Waals surface area contributed by atoms with E-state index < -0.39 is 0 Å². The second-order valence-electron chi connectivity index (χ2n) is 8.12. The van der Waals surface area contributed by atoms with E-state index in [0.717, 1.165) is 25.0 Å². The first-order valence-corrected chi connectivity index (χ1v) is 8.48. The molecule has 1 amide bonds. The normalized spacial score (nSPS) is 12.3. The summed E-state index contributed by atoms with van der Waals surface area (Å²) < 4.78 is 13.9. The Kier molecular flexibility index (Phi) is 6.72. The molecule has 0 aromatic carbocycles. The molecule has 4 heteroatoms. The van der Waals surface area contributed by atoms with Gasteiger partial charge in [-0.15, -0.1) is 0 Å². The molecule has 0 spiro atoms. The van der Waals surface area contributed by atoms with E-state index in [1.165, 1.54) is 6.07 Å². The molecular weight excluding hydrogens is 291 g/mol. The van der Waals surface area contributed by atoms with Crippen molar-refractivity contribution in [3.05, 3.63) is 29.3 Å². The number of aromatic nitrogens is 1. The minimum atomic E-state index is -0.328. The average Bonchev–Trinajstić information content (AvgIpc) is 2.37. The van der Waals surface area contributed by atoms with Crippen LogP contribution in [-0.4, -0.2) is 16.4 Å². The number of aryl methyl sites for hydroxylation is 1. The van der Waals surface area contributed by atoms with Crippen LogP contribution in [0.2, 0.25) is 0 Å². The van der Waals surface area contributed by atoms with Crippen molar-refractivity contribution in [2.75, 3.05) is 0 Å². The van der Waals surface area contributed by atoms with Gasteiger partial charge in [0.2, 0.25) is 5.91 Å². The van der Waals surface area contributed by atoms with Crippen molar-refractivity contribution in [3.8, 4) is 0 Å². The molecule has 0 fully saturated rings. The predicted molar refractivity (Wildman–Crippen MR) is 92.8 cm³/mol. The highest BCUT2D eigenvalue weighted by Crippen LogP contribution is 2.27. The lowest BCUT2D eigenvalue weighted by Crippen LogP contribution is -2.40. The number of amides is 1. The fraction of sp³-hybridized carbons (Fsp3) is 0.684. The van der Waals surface area contributed by atoms with Crippen molar-refractivity contribution < 1.29 is 9.18 Å². The van der Waals surface area contributed by atoms with Gasteiger partial charge in [-0.2, -0.15) is 0 Å². The molecule has 0 saturated heterocycles. The molecule has 23 heavy (non-hydrogen) atoms. The molecule has 130 valence electrons. The Labute approximate surface area is 140 Å². The Morgan fingerprint density at radius 1 is 1.22 bits per heavy atom. The molecule has 0 unspecified atom stereocenters. The summed E-state index contributed by atoms with van der Waals surface area (Å²) in [7, 11) is 0. The lowest BCUT2D eigenvalue weighted by Gasteiger charge is -2.23. The van der Waals surface area contributed by atoms with E-state index in [2.05, 4.69) is 31.1 Å². The maximum atomic E-state index is 13.9. The van der Waals surface area contributed by atoms with E-state index in [-0.39, 0.29) is 29.1 Å². The molecule has 1 N–H and O–H groups in total. The quantitative estimate of drug-likeness (QED) is 0.806. The Morgan fingerprint density at radius 2 is 1.87 bits per heavy atom. The van der Waals surface area contributed by atoms with Crippen LogP contribution in [0.25, 0.3) is 0 Å². The van der Waals surface area contributed by atoms with E-state index in [9.17, 15) is 9.18 Å². The molecule has 1 aromatic rings. The zero-order valence-electron chi connectivity index (χ0n) is 15.4. The topological polar surface area (TPSA) is 42.0 Å². The number of carbonyl (C=O) groups is 1. The summed E-state index contributed by atoms with van der Waals surface area (Å²) in [6, 6.07) is 3.23. The molecule has 3 nitrogen and oxygen atoms in total. The average molecular weight is 322 g/mol. The highest BCUT2D eigenvalue weighted by atomic mass is 19.1. The van der Waals surface area contributed by atoms with Crippen molar-refractivity contribution in [3.63, 3.8) is 0 Å².